The van der Waals surface area contributed by atoms with Crippen molar-refractivity contribution in [2.45, 2.75) is 38.1 Å². The molecule has 2 atom stereocenters. The predicted molar refractivity (Wildman–Crippen MR) is 80.5 cm³/mol. The van der Waals surface area contributed by atoms with Gasteiger partial charge in [0, 0.05) is 19.1 Å². The first-order valence-electron chi connectivity index (χ1n) is 7.69. The van der Waals surface area contributed by atoms with Crippen LogP contribution in [-0.4, -0.2) is 37.6 Å². The Morgan fingerprint density at radius 1 is 1.16 bits per heavy atom. The highest BCUT2D eigenvalue weighted by Gasteiger charge is 2.28. The number of nitrogens with one attached hydrogen (secondary N) is 1. The van der Waals surface area contributed by atoms with Gasteiger partial charge in [-0.2, -0.15) is 0 Å². The Balaban J connectivity index is 1.61. The van der Waals surface area contributed by atoms with Gasteiger partial charge in [-0.25, -0.2) is 0 Å². The van der Waals surface area contributed by atoms with Gasteiger partial charge < -0.3 is 10.2 Å². The van der Waals surface area contributed by atoms with E-state index in [1.165, 1.54) is 50.0 Å². The lowest BCUT2D eigenvalue weighted by molar-refractivity contribution is 0.204. The number of aryl methyl sites for hydroxylation is 1. The number of piperidine rings is 1. The molecule has 1 saturated carbocycles. The zero-order valence-corrected chi connectivity index (χ0v) is 12.2. The summed E-state index contributed by atoms with van der Waals surface area (Å²) in [4.78, 5) is 2.48. The monoisotopic (exact) mass is 258 g/mol. The number of likely N-dealkylation sites (tertiary alicyclic amines) is 1. The van der Waals surface area contributed by atoms with Crippen LogP contribution in [0.25, 0.3) is 0 Å². The summed E-state index contributed by atoms with van der Waals surface area (Å²) in [7, 11) is 2.26. The minimum atomic E-state index is 0.672. The second kappa shape index (κ2) is 5.64. The van der Waals surface area contributed by atoms with Crippen LogP contribution in [0.1, 0.15) is 36.3 Å². The minimum absolute atomic E-state index is 0.672. The van der Waals surface area contributed by atoms with Crippen molar-refractivity contribution in [2.24, 2.45) is 5.92 Å². The van der Waals surface area contributed by atoms with E-state index < -0.39 is 0 Å². The lowest BCUT2D eigenvalue weighted by Gasteiger charge is -2.36. The molecule has 1 aliphatic heterocycles. The number of nitrogens with zero attached hydrogens (tertiary/aromatic N) is 1. The second-order valence-corrected chi connectivity index (χ2v) is 6.61. The SMILES string of the molecule is Cc1ccc(C2CC(NCC3CC3)CN(C)C2)cc1. The molecule has 2 fully saturated rings. The van der Waals surface area contributed by atoms with Gasteiger partial charge in [0.15, 0.2) is 0 Å². The van der Waals surface area contributed by atoms with E-state index in [4.69, 9.17) is 0 Å². The Morgan fingerprint density at radius 2 is 1.89 bits per heavy atom. The molecule has 1 heterocycles. The molecule has 19 heavy (non-hydrogen) atoms. The van der Waals surface area contributed by atoms with Crippen LogP contribution in [0.2, 0.25) is 0 Å². The first kappa shape index (κ1) is 13.1. The van der Waals surface area contributed by atoms with E-state index in [1.54, 1.807) is 0 Å². The molecule has 1 aromatic carbocycles. The maximum atomic E-state index is 3.78. The summed E-state index contributed by atoms with van der Waals surface area (Å²) in [6, 6.07) is 9.80. The van der Waals surface area contributed by atoms with Gasteiger partial charge in [-0.1, -0.05) is 29.8 Å². The maximum Gasteiger partial charge on any atom is 0.0201 e. The zero-order chi connectivity index (χ0) is 13.2. The van der Waals surface area contributed by atoms with Crippen LogP contribution >= 0.6 is 0 Å². The summed E-state index contributed by atoms with van der Waals surface area (Å²) in [5, 5.41) is 3.78. The highest BCUT2D eigenvalue weighted by atomic mass is 15.1. The molecule has 0 bridgehead atoms. The standard InChI is InChI=1S/C17H26N2/c1-13-3-7-15(8-4-13)16-9-17(12-19(2)11-16)18-10-14-5-6-14/h3-4,7-8,14,16-18H,5-6,9-12H2,1-2H3. The Hall–Kier alpha value is -0.860. The van der Waals surface area contributed by atoms with Crippen LogP contribution in [-0.2, 0) is 0 Å². The van der Waals surface area contributed by atoms with E-state index in [-0.39, 0.29) is 0 Å². The Kier molecular flexibility index (Phi) is 3.90. The van der Waals surface area contributed by atoms with Crippen LogP contribution < -0.4 is 5.32 Å². The average molecular weight is 258 g/mol. The predicted octanol–water partition coefficient (Wildman–Crippen LogP) is 2.78. The highest BCUT2D eigenvalue weighted by Crippen LogP contribution is 2.30. The lowest BCUT2D eigenvalue weighted by Crippen LogP contribution is -2.47. The van der Waals surface area contributed by atoms with Crippen molar-refractivity contribution < 1.29 is 0 Å². The van der Waals surface area contributed by atoms with E-state index in [0.717, 1.165) is 5.92 Å². The molecule has 0 spiro atoms. The molecule has 0 radical (unpaired) electrons. The fourth-order valence-corrected chi connectivity index (χ4v) is 3.20. The number of hydrogen-bond donors (Lipinski definition) is 1. The summed E-state index contributed by atoms with van der Waals surface area (Å²) < 4.78 is 0. The third-order valence-electron chi connectivity index (χ3n) is 4.57. The number of hydrogen-bond acceptors (Lipinski definition) is 2. The van der Waals surface area contributed by atoms with Crippen LogP contribution in [0.3, 0.4) is 0 Å². The summed E-state index contributed by atoms with van der Waals surface area (Å²) >= 11 is 0. The molecule has 104 valence electrons. The molecule has 1 saturated heterocycles. The van der Waals surface area contributed by atoms with Crippen molar-refractivity contribution in [1.29, 1.82) is 0 Å². The average Bonchev–Trinajstić information content (AvgIpc) is 3.20. The molecule has 2 nitrogen and oxygen atoms in total. The Labute approximate surface area is 117 Å². The van der Waals surface area contributed by atoms with Crippen molar-refractivity contribution >= 4 is 0 Å². The molecular weight excluding hydrogens is 232 g/mol. The third-order valence-corrected chi connectivity index (χ3v) is 4.57. The van der Waals surface area contributed by atoms with Crippen molar-refractivity contribution in [3.63, 3.8) is 0 Å². The first-order chi connectivity index (χ1) is 9.20. The van der Waals surface area contributed by atoms with E-state index in [0.29, 0.717) is 12.0 Å². The quantitative estimate of drug-likeness (QED) is 0.893. The number of benzene rings is 1. The maximum absolute atomic E-state index is 3.78. The fraction of sp³-hybridized carbons (Fsp3) is 0.647. The largest absolute Gasteiger partial charge is 0.312 e. The molecule has 1 N–H and O–H groups in total. The molecule has 2 heteroatoms. The van der Waals surface area contributed by atoms with Gasteiger partial charge in [0.25, 0.3) is 0 Å². The van der Waals surface area contributed by atoms with E-state index in [2.05, 4.69) is 48.5 Å². The summed E-state index contributed by atoms with van der Waals surface area (Å²) in [6.45, 7) is 5.80. The summed E-state index contributed by atoms with van der Waals surface area (Å²) in [5.41, 5.74) is 2.87. The molecule has 2 aliphatic rings. The summed E-state index contributed by atoms with van der Waals surface area (Å²) in [6.07, 6.45) is 4.17. The van der Waals surface area contributed by atoms with Crippen molar-refractivity contribution in [2.75, 3.05) is 26.7 Å². The van der Waals surface area contributed by atoms with Crippen molar-refractivity contribution in [3.05, 3.63) is 35.4 Å². The number of likely N-dealkylation sites (N-methyl/N-ethyl adjacent to an activating group) is 1. The van der Waals surface area contributed by atoms with Gasteiger partial charge in [0.1, 0.15) is 0 Å². The number of rotatable bonds is 4. The Morgan fingerprint density at radius 3 is 2.58 bits per heavy atom. The van der Waals surface area contributed by atoms with Gasteiger partial charge in [-0.3, -0.25) is 0 Å². The summed E-state index contributed by atoms with van der Waals surface area (Å²) in [5.74, 6) is 1.67. The molecular formula is C17H26N2. The van der Waals surface area contributed by atoms with Gasteiger partial charge >= 0.3 is 0 Å². The van der Waals surface area contributed by atoms with Gasteiger partial charge in [-0.05, 0) is 57.2 Å². The van der Waals surface area contributed by atoms with Crippen LogP contribution in [0.15, 0.2) is 24.3 Å². The first-order valence-corrected chi connectivity index (χ1v) is 7.69. The normalized spacial score (nSPS) is 28.5. The van der Waals surface area contributed by atoms with Crippen LogP contribution in [0.5, 0.6) is 0 Å². The van der Waals surface area contributed by atoms with Crippen LogP contribution in [0, 0.1) is 12.8 Å². The molecule has 0 amide bonds. The Bertz CT molecular complexity index is 408. The fourth-order valence-electron chi connectivity index (χ4n) is 3.20. The molecule has 0 aromatic heterocycles. The van der Waals surface area contributed by atoms with Gasteiger partial charge in [0.2, 0.25) is 0 Å². The lowest BCUT2D eigenvalue weighted by atomic mass is 9.88. The molecule has 3 rings (SSSR count). The van der Waals surface area contributed by atoms with Gasteiger partial charge in [-0.15, -0.1) is 0 Å². The highest BCUT2D eigenvalue weighted by molar-refractivity contribution is 5.25. The smallest absolute Gasteiger partial charge is 0.0201 e. The molecule has 1 aromatic rings. The zero-order valence-electron chi connectivity index (χ0n) is 12.2. The third kappa shape index (κ3) is 3.58. The molecule has 2 unspecified atom stereocenters. The topological polar surface area (TPSA) is 15.3 Å². The van der Waals surface area contributed by atoms with Crippen molar-refractivity contribution in [3.8, 4) is 0 Å². The second-order valence-electron chi connectivity index (χ2n) is 6.61. The van der Waals surface area contributed by atoms with Crippen LogP contribution in [0.4, 0.5) is 0 Å². The van der Waals surface area contributed by atoms with Crippen molar-refractivity contribution in [1.82, 2.24) is 10.2 Å². The minimum Gasteiger partial charge on any atom is -0.312 e. The van der Waals surface area contributed by atoms with E-state index in [1.807, 2.05) is 0 Å². The van der Waals surface area contributed by atoms with E-state index >= 15 is 0 Å². The van der Waals surface area contributed by atoms with E-state index in [9.17, 15) is 0 Å². The molecule has 1 aliphatic carbocycles. The van der Waals surface area contributed by atoms with Gasteiger partial charge in [0.05, 0.1) is 0 Å².